The van der Waals surface area contributed by atoms with Crippen molar-refractivity contribution in [3.63, 3.8) is 0 Å². The van der Waals surface area contributed by atoms with Crippen molar-refractivity contribution in [3.05, 3.63) is 19.3 Å². The van der Waals surface area contributed by atoms with Crippen LogP contribution in [-0.2, 0) is 0 Å². The van der Waals surface area contributed by atoms with Gasteiger partial charge in [0.05, 0.1) is 10.0 Å². The van der Waals surface area contributed by atoms with Crippen molar-refractivity contribution in [1.29, 1.82) is 0 Å². The molecule has 0 fully saturated rings. The van der Waals surface area contributed by atoms with Crippen LogP contribution in [0, 0.1) is 0 Å². The van der Waals surface area contributed by atoms with Crippen molar-refractivity contribution < 1.29 is 9.90 Å². The van der Waals surface area contributed by atoms with Crippen LogP contribution in [0.4, 0.5) is 0 Å². The van der Waals surface area contributed by atoms with Crippen LogP contribution in [0.5, 0.6) is 0 Å². The van der Waals surface area contributed by atoms with Crippen LogP contribution in [0.3, 0.4) is 0 Å². The fourth-order valence-corrected chi connectivity index (χ4v) is 2.14. The van der Waals surface area contributed by atoms with E-state index < -0.39 is 5.97 Å². The van der Waals surface area contributed by atoms with Crippen LogP contribution in [0.2, 0.25) is 14.4 Å². The molecule has 0 atom stereocenters. The average Bonchev–Trinajstić information content (AvgIpc) is 2.17. The summed E-state index contributed by atoms with van der Waals surface area (Å²) in [5, 5.41) is 8.63. The van der Waals surface area contributed by atoms with E-state index in [1.165, 1.54) is 0 Å². The molecule has 2 nitrogen and oxygen atoms in total. The number of aromatic carboxylic acids is 1. The first kappa shape index (κ1) is 13.0. The number of carboxylic acids is 1. The maximum absolute atomic E-state index is 10.4. The van der Waals surface area contributed by atoms with E-state index in [0.29, 0.717) is 0 Å². The van der Waals surface area contributed by atoms with Crippen molar-refractivity contribution in [2.75, 3.05) is 0 Å². The number of carboxylic acid groups (broad SMARTS) is 1. The summed E-state index contributed by atoms with van der Waals surface area (Å²) in [7, 11) is 0. The van der Waals surface area contributed by atoms with Gasteiger partial charge in [0.25, 0.3) is 0 Å². The van der Waals surface area contributed by atoms with Crippen LogP contribution in [0.1, 0.15) is 9.67 Å². The number of carbonyl (C=O) groups is 1. The molecule has 0 amide bonds. The number of rotatable bonds is 1. The Labute approximate surface area is 110 Å². The van der Waals surface area contributed by atoms with Gasteiger partial charge in [0.1, 0.15) is 9.21 Å². The molecule has 12 heavy (non-hydrogen) atoms. The smallest absolute Gasteiger partial charge is 0.347 e. The van der Waals surface area contributed by atoms with Crippen LogP contribution in [-0.4, -0.2) is 40.6 Å². The molecule has 1 rings (SSSR count). The Bertz CT molecular complexity index is 312. The minimum Gasteiger partial charge on any atom is -0.477 e. The predicted octanol–water partition coefficient (Wildman–Crippen LogP) is 3.03. The zero-order chi connectivity index (χ0) is 8.59. The largest absolute Gasteiger partial charge is 0.477 e. The zero-order valence-corrected chi connectivity index (χ0v) is 11.0. The molecule has 0 saturated carbocycles. The number of halogens is 3. The van der Waals surface area contributed by atoms with E-state index in [4.69, 9.17) is 39.9 Å². The Morgan fingerprint density at radius 3 is 1.92 bits per heavy atom. The van der Waals surface area contributed by atoms with Crippen LogP contribution in [0.25, 0.3) is 0 Å². The second-order valence-corrected chi connectivity index (χ2v) is 4.02. The van der Waals surface area contributed by atoms with Crippen molar-refractivity contribution >= 4 is 81.7 Å². The molecule has 0 aliphatic heterocycles. The first-order valence-corrected chi connectivity index (χ1v) is 4.35. The number of thiophene rings is 1. The molecule has 1 radical (unpaired) electrons. The standard InChI is InChI=1S/C5HCl3O2S.Na/c6-1-2(7)4(8)11-3(1)5(9)10;/h(H,9,10);. The molecule has 0 aliphatic rings. The summed E-state index contributed by atoms with van der Waals surface area (Å²) in [6, 6.07) is 0. The van der Waals surface area contributed by atoms with Crippen molar-refractivity contribution in [1.82, 2.24) is 0 Å². The Hall–Kier alpha value is 1.04. The second-order valence-electron chi connectivity index (χ2n) is 1.64. The molecule has 0 aromatic carbocycles. The second kappa shape index (κ2) is 5.05. The molecule has 1 heterocycles. The summed E-state index contributed by atoms with van der Waals surface area (Å²) >= 11 is 17.4. The summed E-state index contributed by atoms with van der Waals surface area (Å²) < 4.78 is 0.203. The molecule has 7 heteroatoms. The molecule has 0 unspecified atom stereocenters. The van der Waals surface area contributed by atoms with E-state index in [2.05, 4.69) is 0 Å². The van der Waals surface area contributed by atoms with Gasteiger partial charge in [-0.25, -0.2) is 4.79 Å². The molecule has 1 aromatic rings. The Balaban J connectivity index is 0.00000121. The van der Waals surface area contributed by atoms with Gasteiger partial charge in [0.2, 0.25) is 0 Å². The third-order valence-electron chi connectivity index (χ3n) is 0.951. The van der Waals surface area contributed by atoms with Crippen molar-refractivity contribution in [3.8, 4) is 0 Å². The van der Waals surface area contributed by atoms with Gasteiger partial charge in [-0.15, -0.1) is 11.3 Å². The molecule has 1 aromatic heterocycles. The van der Waals surface area contributed by atoms with Crippen LogP contribution < -0.4 is 0 Å². The first-order chi connectivity index (χ1) is 5.04. The Morgan fingerprint density at radius 2 is 1.75 bits per heavy atom. The predicted molar refractivity (Wildman–Crippen MR) is 52.1 cm³/mol. The maximum atomic E-state index is 10.4. The fourth-order valence-electron chi connectivity index (χ4n) is 0.503. The van der Waals surface area contributed by atoms with Crippen molar-refractivity contribution in [2.45, 2.75) is 0 Å². The topological polar surface area (TPSA) is 37.3 Å². The van der Waals surface area contributed by atoms with E-state index >= 15 is 0 Å². The Kier molecular flexibility index (Phi) is 5.49. The Morgan fingerprint density at radius 1 is 1.25 bits per heavy atom. The molecule has 0 bridgehead atoms. The molecular weight excluding hydrogens is 253 g/mol. The summed E-state index contributed by atoms with van der Waals surface area (Å²) in [4.78, 5) is 10.4. The van der Waals surface area contributed by atoms with Gasteiger partial charge in [0.15, 0.2) is 0 Å². The molecular formula is C5HCl3NaO2S. The van der Waals surface area contributed by atoms with Crippen LogP contribution in [0.15, 0.2) is 0 Å². The van der Waals surface area contributed by atoms with Gasteiger partial charge < -0.3 is 5.11 Å². The average molecular weight is 254 g/mol. The molecule has 0 saturated heterocycles. The van der Waals surface area contributed by atoms with E-state index in [1.807, 2.05) is 0 Å². The molecule has 1 N–H and O–H groups in total. The fraction of sp³-hybridized carbons (Fsp3) is 0. The van der Waals surface area contributed by atoms with E-state index in [-0.39, 0.29) is 48.8 Å². The third-order valence-corrected chi connectivity index (χ3v) is 3.51. The van der Waals surface area contributed by atoms with Gasteiger partial charge in [0, 0.05) is 29.6 Å². The first-order valence-electron chi connectivity index (χ1n) is 2.40. The zero-order valence-electron chi connectivity index (χ0n) is 5.90. The molecule has 0 spiro atoms. The summed E-state index contributed by atoms with van der Waals surface area (Å²) in [6.07, 6.45) is 0. The third kappa shape index (κ3) is 2.51. The van der Waals surface area contributed by atoms with Gasteiger partial charge in [-0.2, -0.15) is 0 Å². The summed E-state index contributed by atoms with van der Waals surface area (Å²) in [5.74, 6) is -1.12. The van der Waals surface area contributed by atoms with Crippen molar-refractivity contribution in [2.24, 2.45) is 0 Å². The molecule has 0 aliphatic carbocycles. The summed E-state index contributed by atoms with van der Waals surface area (Å²) in [6.45, 7) is 0. The van der Waals surface area contributed by atoms with E-state index in [1.54, 1.807) is 0 Å². The van der Waals surface area contributed by atoms with Gasteiger partial charge in [-0.05, 0) is 0 Å². The monoisotopic (exact) mass is 253 g/mol. The van der Waals surface area contributed by atoms with Gasteiger partial charge >= 0.3 is 5.97 Å². The number of hydrogen-bond acceptors (Lipinski definition) is 2. The minimum absolute atomic E-state index is 0. The van der Waals surface area contributed by atoms with Crippen LogP contribution >= 0.6 is 46.1 Å². The minimum atomic E-state index is -1.12. The quantitative estimate of drug-likeness (QED) is 0.782. The van der Waals surface area contributed by atoms with Gasteiger partial charge in [-0.3, -0.25) is 0 Å². The summed E-state index contributed by atoms with van der Waals surface area (Å²) in [5.41, 5.74) is 0. The van der Waals surface area contributed by atoms with E-state index in [9.17, 15) is 4.79 Å². The SMILES string of the molecule is O=C(O)c1sc(Cl)c(Cl)c1Cl.[Na]. The molecule has 61 valence electrons. The number of hydrogen-bond donors (Lipinski definition) is 1. The van der Waals surface area contributed by atoms with E-state index in [0.717, 1.165) is 11.3 Å². The normalized spacial score (nSPS) is 9.25. The van der Waals surface area contributed by atoms with Gasteiger partial charge in [-0.1, -0.05) is 34.8 Å². The maximum Gasteiger partial charge on any atom is 0.347 e.